The van der Waals surface area contributed by atoms with Gasteiger partial charge in [0.05, 0.1) is 22.9 Å². The number of carbonyl (C=O) groups is 2. The molecule has 1 aromatic carbocycles. The molecule has 0 aliphatic carbocycles. The van der Waals surface area contributed by atoms with Gasteiger partial charge in [-0.25, -0.2) is 13.1 Å². The van der Waals surface area contributed by atoms with Gasteiger partial charge in [-0.3, -0.25) is 9.59 Å². The second-order valence-corrected chi connectivity index (χ2v) is 9.33. The van der Waals surface area contributed by atoms with Crippen LogP contribution in [0.25, 0.3) is 5.69 Å². The average Bonchev–Trinajstić information content (AvgIpc) is 3.15. The summed E-state index contributed by atoms with van der Waals surface area (Å²) in [6.45, 7) is 3.36. The van der Waals surface area contributed by atoms with E-state index in [2.05, 4.69) is 10.4 Å². The third-order valence-electron chi connectivity index (χ3n) is 4.52. The first-order valence-electron chi connectivity index (χ1n) is 9.01. The minimum atomic E-state index is -3.04. The molecule has 1 amide bonds. The van der Waals surface area contributed by atoms with Crippen LogP contribution in [0.2, 0.25) is 0 Å². The molecule has 2 aromatic rings. The Kier molecular flexibility index (Phi) is 5.83. The first-order chi connectivity index (χ1) is 13.2. The van der Waals surface area contributed by atoms with Gasteiger partial charge in [-0.1, -0.05) is 17.7 Å². The first-order valence-corrected chi connectivity index (χ1v) is 10.8. The minimum Gasteiger partial charge on any atom is -0.456 e. The minimum absolute atomic E-state index is 0.00328. The average molecular weight is 405 g/mol. The van der Waals surface area contributed by atoms with Crippen molar-refractivity contribution in [2.45, 2.75) is 26.7 Å². The number of esters is 1. The second-order valence-electron chi connectivity index (χ2n) is 7.10. The topological polar surface area (TPSA) is 107 Å². The Bertz CT molecular complexity index is 979. The Hall–Kier alpha value is -2.68. The number of nitrogens with zero attached hydrogens (tertiary/aromatic N) is 2. The number of benzene rings is 1. The molecule has 1 N–H and O–H groups in total. The van der Waals surface area contributed by atoms with E-state index in [1.807, 2.05) is 38.1 Å². The van der Waals surface area contributed by atoms with Gasteiger partial charge in [-0.2, -0.15) is 5.10 Å². The summed E-state index contributed by atoms with van der Waals surface area (Å²) < 4.78 is 29.5. The van der Waals surface area contributed by atoms with Crippen molar-refractivity contribution < 1.29 is 22.7 Å². The number of anilines is 1. The summed E-state index contributed by atoms with van der Waals surface area (Å²) >= 11 is 0. The van der Waals surface area contributed by atoms with Crippen LogP contribution in [0.15, 0.2) is 30.3 Å². The first kappa shape index (κ1) is 20.1. The van der Waals surface area contributed by atoms with Gasteiger partial charge in [0.1, 0.15) is 5.82 Å². The molecule has 1 saturated heterocycles. The van der Waals surface area contributed by atoms with Gasteiger partial charge in [0.2, 0.25) is 0 Å². The number of aryl methyl sites for hydroxylation is 2. The van der Waals surface area contributed by atoms with Gasteiger partial charge < -0.3 is 10.1 Å². The third kappa shape index (κ3) is 5.19. The molecule has 28 heavy (non-hydrogen) atoms. The number of amides is 1. The summed E-state index contributed by atoms with van der Waals surface area (Å²) in [5.74, 6) is -0.700. The van der Waals surface area contributed by atoms with E-state index in [1.54, 1.807) is 10.7 Å². The Balaban J connectivity index is 1.55. The predicted octanol–water partition coefficient (Wildman–Crippen LogP) is 1.80. The molecule has 9 heteroatoms. The van der Waals surface area contributed by atoms with E-state index in [9.17, 15) is 18.0 Å². The zero-order chi connectivity index (χ0) is 20.3. The molecule has 150 valence electrons. The van der Waals surface area contributed by atoms with Gasteiger partial charge in [0.15, 0.2) is 16.4 Å². The maximum Gasteiger partial charge on any atom is 0.306 e. The SMILES string of the molecule is Cc1ccc(-n2nc(C)cc2NC(=O)COC(=O)C[C@H]2CCS(=O)(=O)C2)cc1. The van der Waals surface area contributed by atoms with Crippen molar-refractivity contribution in [3.63, 3.8) is 0 Å². The van der Waals surface area contributed by atoms with E-state index in [-0.39, 0.29) is 23.8 Å². The largest absolute Gasteiger partial charge is 0.456 e. The molecule has 2 heterocycles. The molecule has 0 saturated carbocycles. The van der Waals surface area contributed by atoms with Crippen LogP contribution in [-0.4, -0.2) is 48.2 Å². The maximum atomic E-state index is 12.2. The highest BCUT2D eigenvalue weighted by Crippen LogP contribution is 2.22. The van der Waals surface area contributed by atoms with Crippen molar-refractivity contribution in [3.8, 4) is 5.69 Å². The Labute approximate surface area is 163 Å². The number of aromatic nitrogens is 2. The van der Waals surface area contributed by atoms with Crippen LogP contribution in [0, 0.1) is 19.8 Å². The lowest BCUT2D eigenvalue weighted by atomic mass is 10.1. The molecule has 0 spiro atoms. The summed E-state index contributed by atoms with van der Waals surface area (Å²) in [5, 5.41) is 7.07. The van der Waals surface area contributed by atoms with Gasteiger partial charge in [-0.05, 0) is 38.3 Å². The molecule has 8 nitrogen and oxygen atoms in total. The van der Waals surface area contributed by atoms with E-state index in [4.69, 9.17) is 4.74 Å². The van der Waals surface area contributed by atoms with Gasteiger partial charge in [0, 0.05) is 12.5 Å². The predicted molar refractivity (Wildman–Crippen MR) is 104 cm³/mol. The van der Waals surface area contributed by atoms with Crippen molar-refractivity contribution in [1.29, 1.82) is 0 Å². The van der Waals surface area contributed by atoms with Crippen molar-refractivity contribution in [3.05, 3.63) is 41.6 Å². The summed E-state index contributed by atoms with van der Waals surface area (Å²) in [5.41, 5.74) is 2.64. The zero-order valence-electron chi connectivity index (χ0n) is 15.8. The zero-order valence-corrected chi connectivity index (χ0v) is 16.7. The highest BCUT2D eigenvalue weighted by Gasteiger charge is 2.30. The highest BCUT2D eigenvalue weighted by atomic mass is 32.2. The van der Waals surface area contributed by atoms with E-state index >= 15 is 0 Å². The standard InChI is InChI=1S/C19H23N3O5S/c1-13-3-5-16(6-4-13)22-17(9-14(2)21-22)20-18(23)11-27-19(24)10-15-7-8-28(25,26)12-15/h3-6,9,15H,7-8,10-12H2,1-2H3,(H,20,23)/t15-/m1/s1. The third-order valence-corrected chi connectivity index (χ3v) is 6.36. The summed E-state index contributed by atoms with van der Waals surface area (Å²) in [7, 11) is -3.04. The van der Waals surface area contributed by atoms with E-state index < -0.39 is 28.3 Å². The van der Waals surface area contributed by atoms with Crippen molar-refractivity contribution in [2.24, 2.45) is 5.92 Å². The molecule has 1 fully saturated rings. The van der Waals surface area contributed by atoms with Crippen LogP contribution >= 0.6 is 0 Å². The van der Waals surface area contributed by atoms with Gasteiger partial charge >= 0.3 is 5.97 Å². The monoisotopic (exact) mass is 405 g/mol. The highest BCUT2D eigenvalue weighted by molar-refractivity contribution is 7.91. The van der Waals surface area contributed by atoms with Crippen LogP contribution in [0.1, 0.15) is 24.1 Å². The number of hydrogen-bond donors (Lipinski definition) is 1. The van der Waals surface area contributed by atoms with E-state index in [1.165, 1.54) is 0 Å². The fourth-order valence-corrected chi connectivity index (χ4v) is 4.99. The van der Waals surface area contributed by atoms with E-state index in [0.717, 1.165) is 16.9 Å². The van der Waals surface area contributed by atoms with Crippen LogP contribution < -0.4 is 5.32 Å². The summed E-state index contributed by atoms with van der Waals surface area (Å²) in [6, 6.07) is 9.41. The lowest BCUT2D eigenvalue weighted by molar-refractivity contribution is -0.148. The number of nitrogens with one attached hydrogen (secondary N) is 1. The summed E-state index contributed by atoms with van der Waals surface area (Å²) in [4.78, 5) is 24.1. The Morgan fingerprint density at radius 2 is 1.96 bits per heavy atom. The van der Waals surface area contributed by atoms with Crippen LogP contribution in [0.3, 0.4) is 0 Å². The number of carbonyl (C=O) groups excluding carboxylic acids is 2. The quantitative estimate of drug-likeness (QED) is 0.735. The Morgan fingerprint density at radius 1 is 1.25 bits per heavy atom. The Morgan fingerprint density at radius 3 is 2.61 bits per heavy atom. The number of rotatable bonds is 6. The molecule has 1 aromatic heterocycles. The summed E-state index contributed by atoms with van der Waals surface area (Å²) in [6.07, 6.45) is 0.464. The molecule has 1 atom stereocenters. The van der Waals surface area contributed by atoms with Crippen LogP contribution in [0.5, 0.6) is 0 Å². The van der Waals surface area contributed by atoms with Crippen molar-refractivity contribution >= 4 is 27.5 Å². The lowest BCUT2D eigenvalue weighted by Gasteiger charge is -2.10. The fraction of sp³-hybridized carbons (Fsp3) is 0.421. The maximum absolute atomic E-state index is 12.2. The molecule has 1 aliphatic rings. The van der Waals surface area contributed by atoms with Crippen molar-refractivity contribution in [2.75, 3.05) is 23.4 Å². The van der Waals surface area contributed by atoms with Crippen LogP contribution in [-0.2, 0) is 24.2 Å². The van der Waals surface area contributed by atoms with E-state index in [0.29, 0.717) is 12.2 Å². The molecule has 1 aliphatic heterocycles. The molecule has 0 radical (unpaired) electrons. The molecular formula is C19H23N3O5S. The lowest BCUT2D eigenvalue weighted by Crippen LogP contribution is -2.23. The number of ether oxygens (including phenoxy) is 1. The smallest absolute Gasteiger partial charge is 0.306 e. The molecule has 0 bridgehead atoms. The molecule has 3 rings (SSSR count). The second kappa shape index (κ2) is 8.14. The molecular weight excluding hydrogens is 382 g/mol. The fourth-order valence-electron chi connectivity index (χ4n) is 3.12. The number of sulfone groups is 1. The number of hydrogen-bond acceptors (Lipinski definition) is 6. The van der Waals surface area contributed by atoms with Crippen LogP contribution in [0.4, 0.5) is 5.82 Å². The normalized spacial score (nSPS) is 18.0. The van der Waals surface area contributed by atoms with Crippen molar-refractivity contribution in [1.82, 2.24) is 9.78 Å². The molecule has 0 unspecified atom stereocenters. The van der Waals surface area contributed by atoms with Gasteiger partial charge in [-0.15, -0.1) is 0 Å². The van der Waals surface area contributed by atoms with Gasteiger partial charge in [0.25, 0.3) is 5.91 Å².